The first kappa shape index (κ1) is 15.8. The Morgan fingerprint density at radius 3 is 2.35 bits per heavy atom. The van der Waals surface area contributed by atoms with Crippen molar-refractivity contribution in [2.24, 2.45) is 0 Å². The molecule has 0 saturated heterocycles. The fourth-order valence-corrected chi connectivity index (χ4v) is 6.11. The van der Waals surface area contributed by atoms with Crippen molar-refractivity contribution >= 4 is 64.6 Å². The monoisotopic (exact) mass is 438 g/mol. The highest BCUT2D eigenvalue weighted by atomic mass is 79.9. The van der Waals surface area contributed by atoms with Gasteiger partial charge in [-0.05, 0) is 69.5 Å². The first-order chi connectivity index (χ1) is 9.20. The third-order valence-electron chi connectivity index (χ3n) is 2.63. The Hall–Kier alpha value is -0.570. The third kappa shape index (κ3) is 3.19. The molecule has 0 fully saturated rings. The summed E-state index contributed by atoms with van der Waals surface area (Å²) in [5.41, 5.74) is 7.58. The second-order valence-electron chi connectivity index (χ2n) is 4.29. The topological polar surface area (TPSA) is 72.2 Å². The van der Waals surface area contributed by atoms with E-state index in [9.17, 15) is 8.42 Å². The van der Waals surface area contributed by atoms with Gasteiger partial charge in [0.15, 0.2) is 0 Å². The van der Waals surface area contributed by atoms with Crippen LogP contribution in [0.25, 0.3) is 0 Å². The van der Waals surface area contributed by atoms with Crippen LogP contribution in [-0.2, 0) is 10.0 Å². The van der Waals surface area contributed by atoms with E-state index in [1.807, 2.05) is 13.0 Å². The van der Waals surface area contributed by atoms with Gasteiger partial charge in [-0.3, -0.25) is 4.72 Å². The molecule has 0 radical (unpaired) electrons. The molecule has 0 saturated carbocycles. The molecule has 0 bridgehead atoms. The summed E-state index contributed by atoms with van der Waals surface area (Å²) in [5.74, 6) is 0. The van der Waals surface area contributed by atoms with Crippen molar-refractivity contribution in [3.63, 3.8) is 0 Å². The maximum absolute atomic E-state index is 12.4. The van der Waals surface area contributed by atoms with E-state index in [0.29, 0.717) is 20.7 Å². The van der Waals surface area contributed by atoms with E-state index in [1.165, 1.54) is 11.3 Å². The molecule has 0 aliphatic carbocycles. The van der Waals surface area contributed by atoms with Crippen molar-refractivity contribution in [3.8, 4) is 0 Å². The number of benzene rings is 1. The second kappa shape index (κ2) is 5.67. The number of anilines is 2. The van der Waals surface area contributed by atoms with E-state index >= 15 is 0 Å². The molecule has 108 valence electrons. The number of nitrogens with one attached hydrogen (secondary N) is 1. The molecule has 0 aliphatic heterocycles. The number of hydrogen-bond acceptors (Lipinski definition) is 4. The van der Waals surface area contributed by atoms with Crippen LogP contribution in [0, 0.1) is 13.8 Å². The first-order valence-corrected chi connectivity index (χ1v) is 9.43. The lowest BCUT2D eigenvalue weighted by Crippen LogP contribution is -2.15. The molecule has 1 aromatic heterocycles. The summed E-state index contributed by atoms with van der Waals surface area (Å²) in [6.45, 7) is 3.65. The Balaban J connectivity index is 2.46. The quantitative estimate of drug-likeness (QED) is 0.701. The van der Waals surface area contributed by atoms with Crippen molar-refractivity contribution in [2.75, 3.05) is 10.5 Å². The largest absolute Gasteiger partial charge is 0.397 e. The minimum absolute atomic E-state index is 0.251. The van der Waals surface area contributed by atoms with Gasteiger partial charge in [-0.15, -0.1) is 11.3 Å². The van der Waals surface area contributed by atoms with Crippen molar-refractivity contribution in [1.29, 1.82) is 0 Å². The summed E-state index contributed by atoms with van der Waals surface area (Å²) >= 11 is 8.00. The number of sulfonamides is 1. The third-order valence-corrected chi connectivity index (χ3v) is 6.42. The zero-order chi connectivity index (χ0) is 15.1. The molecule has 2 aromatic rings. The van der Waals surface area contributed by atoms with Crippen LogP contribution in [0.4, 0.5) is 11.4 Å². The lowest BCUT2D eigenvalue weighted by Gasteiger charge is -2.12. The number of halogens is 2. The van der Waals surface area contributed by atoms with Gasteiger partial charge in [-0.25, -0.2) is 8.42 Å². The van der Waals surface area contributed by atoms with E-state index in [-0.39, 0.29) is 4.90 Å². The molecule has 20 heavy (non-hydrogen) atoms. The lowest BCUT2D eigenvalue weighted by molar-refractivity contribution is 0.601. The molecular formula is C12H12Br2N2O2S2. The van der Waals surface area contributed by atoms with E-state index in [4.69, 9.17) is 5.73 Å². The minimum atomic E-state index is -3.66. The van der Waals surface area contributed by atoms with Gasteiger partial charge in [0, 0.05) is 9.35 Å². The van der Waals surface area contributed by atoms with E-state index in [0.717, 1.165) is 9.35 Å². The Kier molecular flexibility index (Phi) is 4.48. The summed E-state index contributed by atoms with van der Waals surface area (Å²) < 4.78 is 28.8. The van der Waals surface area contributed by atoms with Crippen LogP contribution < -0.4 is 10.5 Å². The smallest absolute Gasteiger partial charge is 0.263 e. The van der Waals surface area contributed by atoms with Gasteiger partial charge in [0.1, 0.15) is 4.90 Å². The van der Waals surface area contributed by atoms with Gasteiger partial charge in [0.25, 0.3) is 10.0 Å². The molecule has 2 rings (SSSR count). The van der Waals surface area contributed by atoms with Gasteiger partial charge < -0.3 is 5.73 Å². The lowest BCUT2D eigenvalue weighted by atomic mass is 10.2. The van der Waals surface area contributed by atoms with Crippen LogP contribution in [0.2, 0.25) is 0 Å². The van der Waals surface area contributed by atoms with Crippen molar-refractivity contribution in [2.45, 2.75) is 18.7 Å². The predicted molar refractivity (Wildman–Crippen MR) is 90.9 cm³/mol. The fraction of sp³-hybridized carbons (Fsp3) is 0.167. The fourth-order valence-electron chi connectivity index (χ4n) is 1.76. The molecule has 0 amide bonds. The Labute approximate surface area is 138 Å². The Bertz CT molecular complexity index is 747. The average molecular weight is 440 g/mol. The van der Waals surface area contributed by atoms with Crippen LogP contribution in [0.5, 0.6) is 0 Å². The van der Waals surface area contributed by atoms with Crippen LogP contribution in [0.15, 0.2) is 31.4 Å². The average Bonchev–Trinajstić information content (AvgIpc) is 2.64. The molecule has 0 unspecified atom stereocenters. The summed E-state index contributed by atoms with van der Waals surface area (Å²) in [7, 11) is -3.66. The maximum atomic E-state index is 12.4. The van der Waals surface area contributed by atoms with Gasteiger partial charge in [-0.2, -0.15) is 0 Å². The zero-order valence-corrected chi connectivity index (χ0v) is 15.5. The molecule has 1 heterocycles. The van der Waals surface area contributed by atoms with Crippen LogP contribution >= 0.6 is 43.2 Å². The summed E-state index contributed by atoms with van der Waals surface area (Å²) in [6.07, 6.45) is 0. The molecule has 0 spiro atoms. The van der Waals surface area contributed by atoms with E-state index in [1.54, 1.807) is 19.1 Å². The Morgan fingerprint density at radius 2 is 1.85 bits per heavy atom. The van der Waals surface area contributed by atoms with E-state index < -0.39 is 10.0 Å². The minimum Gasteiger partial charge on any atom is -0.397 e. The molecule has 0 atom stereocenters. The van der Waals surface area contributed by atoms with Gasteiger partial charge in [-0.1, -0.05) is 0 Å². The number of aryl methyl sites for hydroxylation is 2. The number of thiophene rings is 1. The molecule has 0 aliphatic rings. The molecule has 8 heteroatoms. The molecular weight excluding hydrogens is 428 g/mol. The van der Waals surface area contributed by atoms with Gasteiger partial charge in [0.2, 0.25) is 0 Å². The van der Waals surface area contributed by atoms with Crippen molar-refractivity contribution in [1.82, 2.24) is 0 Å². The SMILES string of the molecule is Cc1cc(N)c(NS(=O)(=O)c2cc(Br)sc2C)c(Br)c1. The summed E-state index contributed by atoms with van der Waals surface area (Å²) in [4.78, 5) is 0.965. The number of nitrogens with two attached hydrogens (primary N) is 1. The predicted octanol–water partition coefficient (Wildman–Crippen LogP) is 4.27. The highest BCUT2D eigenvalue weighted by molar-refractivity contribution is 9.11. The van der Waals surface area contributed by atoms with Crippen molar-refractivity contribution < 1.29 is 8.42 Å². The van der Waals surface area contributed by atoms with Crippen LogP contribution in [0.3, 0.4) is 0 Å². The highest BCUT2D eigenvalue weighted by Gasteiger charge is 2.21. The Morgan fingerprint density at radius 1 is 1.20 bits per heavy atom. The van der Waals surface area contributed by atoms with Gasteiger partial charge in [0.05, 0.1) is 15.2 Å². The molecule has 3 N–H and O–H groups in total. The maximum Gasteiger partial charge on any atom is 0.263 e. The summed E-state index contributed by atoms with van der Waals surface area (Å²) in [5, 5.41) is 0. The number of rotatable bonds is 3. The number of hydrogen-bond donors (Lipinski definition) is 2. The number of nitrogen functional groups attached to an aromatic ring is 1. The van der Waals surface area contributed by atoms with Crippen LogP contribution in [0.1, 0.15) is 10.4 Å². The second-order valence-corrected chi connectivity index (χ2v) is 9.43. The van der Waals surface area contributed by atoms with E-state index in [2.05, 4.69) is 36.6 Å². The molecule has 1 aromatic carbocycles. The normalized spacial score (nSPS) is 11.6. The molecule has 4 nitrogen and oxygen atoms in total. The summed E-state index contributed by atoms with van der Waals surface area (Å²) in [6, 6.07) is 5.12. The highest BCUT2D eigenvalue weighted by Crippen LogP contribution is 2.35. The van der Waals surface area contributed by atoms with Gasteiger partial charge >= 0.3 is 0 Å². The zero-order valence-electron chi connectivity index (χ0n) is 10.7. The van der Waals surface area contributed by atoms with Crippen molar-refractivity contribution in [3.05, 3.63) is 36.9 Å². The standard InChI is InChI=1S/C12H12Br2N2O2S2/c1-6-3-8(13)12(9(15)4-6)16-20(17,18)10-5-11(14)19-7(10)2/h3-5,16H,15H2,1-2H3. The first-order valence-electron chi connectivity index (χ1n) is 5.55. The van der Waals surface area contributed by atoms with Crippen LogP contribution in [-0.4, -0.2) is 8.42 Å².